The molecule has 8 nitrogen and oxygen atoms in total. The summed E-state index contributed by atoms with van der Waals surface area (Å²) in [5.41, 5.74) is 4.01. The Morgan fingerprint density at radius 3 is 2.67 bits per heavy atom. The Hall–Kier alpha value is -3.16. The molecule has 0 atom stereocenters. The van der Waals surface area contributed by atoms with Crippen molar-refractivity contribution in [3.05, 3.63) is 23.9 Å². The molecule has 2 amide bonds. The largest absolute Gasteiger partial charge is 0.337 e. The van der Waals surface area contributed by atoms with Gasteiger partial charge in [0.1, 0.15) is 5.69 Å². The van der Waals surface area contributed by atoms with Crippen LogP contribution in [-0.2, 0) is 15.0 Å². The van der Waals surface area contributed by atoms with Crippen LogP contribution in [0, 0.1) is 5.41 Å². The molecular formula is C22H28N6O2. The standard InChI is InChI=1S/C22H28N6O2/c1-7-28-16-9-14-13(8-12(16)22(5,6)20(28)30)25-19(26-14)18-15(11-23-27-18)24-17(29)10-21(2,3)4/h8-9,11H,7,10H2,1-6H3,(H,23,27)(H,24,29)(H,25,26). The SMILES string of the molecule is CCN1C(=O)C(C)(C)c2cc3[nH]c(-c4[nH]ncc4NC(=O)CC(C)(C)C)nc3cc21. The Kier molecular flexibility index (Phi) is 4.48. The van der Waals surface area contributed by atoms with Gasteiger partial charge in [0.05, 0.1) is 34.0 Å². The zero-order valence-corrected chi connectivity index (χ0v) is 18.3. The number of benzene rings is 1. The average Bonchev–Trinajstić information content (AvgIpc) is 3.29. The summed E-state index contributed by atoms with van der Waals surface area (Å²) in [6.45, 7) is 12.5. The molecule has 0 fully saturated rings. The summed E-state index contributed by atoms with van der Waals surface area (Å²) >= 11 is 0. The third-order valence-corrected chi connectivity index (χ3v) is 5.50. The molecule has 0 radical (unpaired) electrons. The van der Waals surface area contributed by atoms with Crippen molar-refractivity contribution in [2.24, 2.45) is 5.41 Å². The molecule has 0 saturated heterocycles. The fraction of sp³-hybridized carbons (Fsp3) is 0.455. The van der Waals surface area contributed by atoms with E-state index in [1.807, 2.05) is 53.7 Å². The molecule has 1 aromatic carbocycles. The van der Waals surface area contributed by atoms with Crippen LogP contribution in [-0.4, -0.2) is 38.5 Å². The fourth-order valence-corrected chi connectivity index (χ4v) is 4.00. The number of hydrogen-bond acceptors (Lipinski definition) is 4. The highest BCUT2D eigenvalue weighted by atomic mass is 16.2. The van der Waals surface area contributed by atoms with Crippen molar-refractivity contribution in [3.63, 3.8) is 0 Å². The first-order chi connectivity index (χ1) is 14.0. The molecule has 4 rings (SSSR count). The van der Waals surface area contributed by atoms with Crippen molar-refractivity contribution in [2.75, 3.05) is 16.8 Å². The van der Waals surface area contributed by atoms with Crippen molar-refractivity contribution < 1.29 is 9.59 Å². The highest BCUT2D eigenvalue weighted by Crippen LogP contribution is 2.43. The Morgan fingerprint density at radius 2 is 2.00 bits per heavy atom. The van der Waals surface area contributed by atoms with Crippen LogP contribution in [0.3, 0.4) is 0 Å². The molecule has 8 heteroatoms. The quantitative estimate of drug-likeness (QED) is 0.607. The first kappa shape index (κ1) is 20.1. The Balaban J connectivity index is 1.71. The van der Waals surface area contributed by atoms with Gasteiger partial charge < -0.3 is 15.2 Å². The van der Waals surface area contributed by atoms with Gasteiger partial charge in [-0.3, -0.25) is 14.7 Å². The summed E-state index contributed by atoms with van der Waals surface area (Å²) in [5, 5.41) is 9.94. The minimum atomic E-state index is -0.578. The van der Waals surface area contributed by atoms with E-state index in [4.69, 9.17) is 4.98 Å². The van der Waals surface area contributed by atoms with E-state index in [9.17, 15) is 9.59 Å². The Morgan fingerprint density at radius 1 is 1.27 bits per heavy atom. The number of anilines is 2. The number of nitrogens with one attached hydrogen (secondary N) is 3. The molecule has 1 aliphatic rings. The second kappa shape index (κ2) is 6.68. The number of imidazole rings is 1. The lowest BCUT2D eigenvalue weighted by Crippen LogP contribution is -2.35. The first-order valence-corrected chi connectivity index (χ1v) is 10.2. The number of nitrogens with zero attached hydrogens (tertiary/aromatic N) is 3. The number of aromatic nitrogens is 4. The number of H-pyrrole nitrogens is 2. The van der Waals surface area contributed by atoms with Gasteiger partial charge in [0.25, 0.3) is 0 Å². The first-order valence-electron chi connectivity index (χ1n) is 10.2. The van der Waals surface area contributed by atoms with E-state index >= 15 is 0 Å². The van der Waals surface area contributed by atoms with E-state index in [1.54, 1.807) is 11.1 Å². The number of fused-ring (bicyclic) bond motifs is 2. The lowest BCUT2D eigenvalue weighted by Gasteiger charge is -2.18. The number of amides is 2. The molecule has 158 valence electrons. The fourth-order valence-electron chi connectivity index (χ4n) is 4.00. The van der Waals surface area contributed by atoms with Gasteiger partial charge in [-0.05, 0) is 43.9 Å². The second-order valence-electron chi connectivity index (χ2n) is 9.59. The van der Waals surface area contributed by atoms with Gasteiger partial charge in [-0.15, -0.1) is 0 Å². The third kappa shape index (κ3) is 3.26. The van der Waals surface area contributed by atoms with Gasteiger partial charge in [-0.1, -0.05) is 20.8 Å². The number of likely N-dealkylation sites (N-methyl/N-ethyl adjacent to an activating group) is 1. The lowest BCUT2D eigenvalue weighted by molar-refractivity contribution is -0.122. The van der Waals surface area contributed by atoms with Crippen LogP contribution in [0.4, 0.5) is 11.4 Å². The maximum Gasteiger partial charge on any atom is 0.237 e. The predicted octanol–water partition coefficient (Wildman–Crippen LogP) is 3.97. The van der Waals surface area contributed by atoms with E-state index in [0.29, 0.717) is 30.2 Å². The molecule has 3 N–H and O–H groups in total. The summed E-state index contributed by atoms with van der Waals surface area (Å²) in [7, 11) is 0. The van der Waals surface area contributed by atoms with Crippen molar-refractivity contribution in [3.8, 4) is 11.5 Å². The van der Waals surface area contributed by atoms with Crippen molar-refractivity contribution in [2.45, 2.75) is 53.4 Å². The second-order valence-corrected chi connectivity index (χ2v) is 9.59. The monoisotopic (exact) mass is 408 g/mol. The summed E-state index contributed by atoms with van der Waals surface area (Å²) in [6.07, 6.45) is 1.99. The molecule has 0 unspecified atom stereocenters. The number of carbonyl (C=O) groups is 2. The molecule has 1 aliphatic heterocycles. The van der Waals surface area contributed by atoms with Crippen LogP contribution >= 0.6 is 0 Å². The third-order valence-electron chi connectivity index (χ3n) is 5.50. The zero-order valence-electron chi connectivity index (χ0n) is 18.3. The number of aromatic amines is 2. The van der Waals surface area contributed by atoms with Crippen molar-refractivity contribution in [1.29, 1.82) is 0 Å². The molecular weight excluding hydrogens is 380 g/mol. The van der Waals surface area contributed by atoms with Crippen molar-refractivity contribution in [1.82, 2.24) is 20.2 Å². The van der Waals surface area contributed by atoms with Gasteiger partial charge in [0, 0.05) is 13.0 Å². The highest BCUT2D eigenvalue weighted by molar-refractivity contribution is 6.09. The average molecular weight is 409 g/mol. The molecule has 3 heterocycles. The van der Waals surface area contributed by atoms with E-state index in [1.165, 1.54) is 0 Å². The van der Waals surface area contributed by atoms with Crippen LogP contribution in [0.2, 0.25) is 0 Å². The number of carbonyl (C=O) groups excluding carboxylic acids is 2. The van der Waals surface area contributed by atoms with Crippen LogP contribution in [0.25, 0.3) is 22.6 Å². The van der Waals surface area contributed by atoms with Crippen LogP contribution < -0.4 is 10.2 Å². The maximum absolute atomic E-state index is 12.8. The maximum atomic E-state index is 12.8. The van der Waals surface area contributed by atoms with Gasteiger partial charge in [-0.2, -0.15) is 5.10 Å². The summed E-state index contributed by atoms with van der Waals surface area (Å²) in [4.78, 5) is 34.9. The minimum absolute atomic E-state index is 0.0703. The van der Waals surface area contributed by atoms with E-state index in [-0.39, 0.29) is 17.2 Å². The van der Waals surface area contributed by atoms with E-state index in [0.717, 1.165) is 22.3 Å². The Labute approximate surface area is 175 Å². The van der Waals surface area contributed by atoms with Crippen LogP contribution in [0.15, 0.2) is 18.3 Å². The van der Waals surface area contributed by atoms with E-state index < -0.39 is 5.41 Å². The molecule has 0 aliphatic carbocycles. The Bertz CT molecular complexity index is 1150. The number of hydrogen-bond donors (Lipinski definition) is 3. The molecule has 2 aromatic heterocycles. The summed E-state index contributed by atoms with van der Waals surface area (Å²) < 4.78 is 0. The van der Waals surface area contributed by atoms with Gasteiger partial charge >= 0.3 is 0 Å². The molecule has 30 heavy (non-hydrogen) atoms. The number of rotatable bonds is 4. The smallest absolute Gasteiger partial charge is 0.237 e. The minimum Gasteiger partial charge on any atom is -0.337 e. The predicted molar refractivity (Wildman–Crippen MR) is 117 cm³/mol. The summed E-state index contributed by atoms with van der Waals surface area (Å²) in [5.74, 6) is 0.619. The van der Waals surface area contributed by atoms with Gasteiger partial charge in [-0.25, -0.2) is 4.98 Å². The zero-order chi connectivity index (χ0) is 21.8. The molecule has 0 bridgehead atoms. The molecule has 0 saturated carbocycles. The topological polar surface area (TPSA) is 107 Å². The van der Waals surface area contributed by atoms with Gasteiger partial charge in [0.15, 0.2) is 5.82 Å². The lowest BCUT2D eigenvalue weighted by atomic mass is 9.86. The van der Waals surface area contributed by atoms with Crippen LogP contribution in [0.1, 0.15) is 53.5 Å². The molecule has 3 aromatic rings. The summed E-state index contributed by atoms with van der Waals surface area (Å²) in [6, 6.07) is 3.96. The molecule has 0 spiro atoms. The van der Waals surface area contributed by atoms with Crippen molar-refractivity contribution >= 4 is 34.2 Å². The highest BCUT2D eigenvalue weighted by Gasteiger charge is 2.43. The van der Waals surface area contributed by atoms with Gasteiger partial charge in [0.2, 0.25) is 11.8 Å². The normalized spacial score (nSPS) is 15.7. The van der Waals surface area contributed by atoms with E-state index in [2.05, 4.69) is 20.5 Å². The van der Waals surface area contributed by atoms with Crippen LogP contribution in [0.5, 0.6) is 0 Å².